The Morgan fingerprint density at radius 2 is 1.12 bits per heavy atom. The zero-order chi connectivity index (χ0) is 37.7. The van der Waals surface area contributed by atoms with Crippen molar-refractivity contribution in [3.63, 3.8) is 0 Å². The summed E-state index contributed by atoms with van der Waals surface area (Å²) in [6.07, 6.45) is 6.78. The normalized spacial score (nSPS) is 19.4. The number of rotatable bonds is 5. The molecule has 7 aromatic carbocycles. The maximum atomic E-state index is 5.54. The molecular formula is C53H42N4. The fourth-order valence-electron chi connectivity index (χ4n) is 10.9. The first kappa shape index (κ1) is 32.7. The summed E-state index contributed by atoms with van der Waals surface area (Å²) in [6.45, 7) is 2.51. The molecule has 3 aromatic heterocycles. The van der Waals surface area contributed by atoms with Crippen molar-refractivity contribution in [3.8, 4) is 34.0 Å². The molecule has 2 aliphatic rings. The Kier molecular flexibility index (Phi) is 7.17. The highest BCUT2D eigenvalue weighted by molar-refractivity contribution is 6.12. The van der Waals surface area contributed by atoms with Crippen LogP contribution in [0.3, 0.4) is 0 Å². The molecule has 0 spiro atoms. The minimum atomic E-state index is 0.199. The maximum Gasteiger partial charge on any atom is 0.235 e. The second-order valence-electron chi connectivity index (χ2n) is 17.0. The number of benzene rings is 7. The highest BCUT2D eigenvalue weighted by Gasteiger charge is 2.42. The van der Waals surface area contributed by atoms with Gasteiger partial charge in [-0.3, -0.25) is 4.57 Å². The van der Waals surface area contributed by atoms with Gasteiger partial charge in [0.15, 0.2) is 0 Å². The van der Waals surface area contributed by atoms with E-state index in [2.05, 4.69) is 180 Å². The fourth-order valence-corrected chi connectivity index (χ4v) is 10.9. The topological polar surface area (TPSA) is 35.6 Å². The number of nitrogens with zero attached hydrogens (tertiary/aromatic N) is 4. The summed E-state index contributed by atoms with van der Waals surface area (Å²) in [5.74, 6) is 2.41. The van der Waals surface area contributed by atoms with Crippen LogP contribution in [0.4, 0.5) is 0 Å². The number of aromatic nitrogens is 4. The molecule has 274 valence electrons. The third-order valence-electron chi connectivity index (χ3n) is 13.4. The predicted octanol–water partition coefficient (Wildman–Crippen LogP) is 13.6. The van der Waals surface area contributed by atoms with E-state index < -0.39 is 0 Å². The quantitative estimate of drug-likeness (QED) is 0.176. The molecule has 4 nitrogen and oxygen atoms in total. The summed E-state index contributed by atoms with van der Waals surface area (Å²) in [6, 6.07) is 59.7. The molecule has 4 heteroatoms. The van der Waals surface area contributed by atoms with Gasteiger partial charge in [-0.25, -0.2) is 9.97 Å². The Hall–Kier alpha value is -6.52. The summed E-state index contributed by atoms with van der Waals surface area (Å²) in [7, 11) is 0. The molecule has 2 saturated carbocycles. The molecule has 0 unspecified atom stereocenters. The van der Waals surface area contributed by atoms with E-state index in [1.807, 2.05) is 0 Å². The first-order valence-electron chi connectivity index (χ1n) is 20.6. The van der Waals surface area contributed by atoms with Gasteiger partial charge in [0.25, 0.3) is 0 Å². The van der Waals surface area contributed by atoms with Gasteiger partial charge in [0.1, 0.15) is 0 Å². The van der Waals surface area contributed by atoms with Crippen molar-refractivity contribution >= 4 is 54.5 Å². The molecular weight excluding hydrogens is 693 g/mol. The van der Waals surface area contributed by atoms with Crippen LogP contribution < -0.4 is 0 Å². The van der Waals surface area contributed by atoms with E-state index in [4.69, 9.17) is 9.97 Å². The van der Waals surface area contributed by atoms with Gasteiger partial charge < -0.3 is 4.57 Å². The van der Waals surface area contributed by atoms with E-state index >= 15 is 0 Å². The molecule has 2 aliphatic carbocycles. The Morgan fingerprint density at radius 1 is 0.474 bits per heavy atom. The zero-order valence-electron chi connectivity index (χ0n) is 32.1. The Labute approximate surface area is 332 Å². The molecule has 0 radical (unpaired) electrons. The second-order valence-corrected chi connectivity index (χ2v) is 17.0. The third kappa shape index (κ3) is 5.13. The van der Waals surface area contributed by atoms with Crippen LogP contribution in [0, 0.1) is 11.8 Å². The van der Waals surface area contributed by atoms with Crippen LogP contribution >= 0.6 is 0 Å². The Morgan fingerprint density at radius 3 is 1.93 bits per heavy atom. The van der Waals surface area contributed by atoms with Crippen LogP contribution in [0.2, 0.25) is 0 Å². The van der Waals surface area contributed by atoms with Crippen molar-refractivity contribution in [1.29, 1.82) is 0 Å². The average Bonchev–Trinajstić information content (AvgIpc) is 3.91. The van der Waals surface area contributed by atoms with Gasteiger partial charge in [-0.15, -0.1) is 0 Å². The van der Waals surface area contributed by atoms with Crippen LogP contribution in [0.1, 0.15) is 44.6 Å². The molecule has 2 bridgehead atoms. The average molecular weight is 735 g/mol. The standard InChI is InChI=1S/C53H42N4/c1-53(32-34-22-23-35(28-34)33-53)39-15-11-14-38(29-39)51-44-18-5-8-19-46(44)54-52(55-51)57-48-21-10-6-16-41(48)43-26-25-40(31-50(43)57)56-47-20-9-7-17-42(47)45-30-37(24-27-49(45)56)36-12-3-2-4-13-36/h2-21,24-27,29-31,34-35H,22-23,28,32-33H2,1H3/t34-,35-/m1/s1. The molecule has 2 atom stereocenters. The lowest BCUT2D eigenvalue weighted by Crippen LogP contribution is -2.30. The highest BCUT2D eigenvalue weighted by Crippen LogP contribution is 2.52. The summed E-state index contributed by atoms with van der Waals surface area (Å²) >= 11 is 0. The van der Waals surface area contributed by atoms with Gasteiger partial charge in [0.05, 0.1) is 33.3 Å². The van der Waals surface area contributed by atoms with Crippen molar-refractivity contribution in [3.05, 3.63) is 169 Å². The minimum absolute atomic E-state index is 0.199. The van der Waals surface area contributed by atoms with E-state index in [0.717, 1.165) is 50.7 Å². The molecule has 57 heavy (non-hydrogen) atoms. The molecule has 0 amide bonds. The second kappa shape index (κ2) is 12.5. The van der Waals surface area contributed by atoms with Crippen molar-refractivity contribution in [2.24, 2.45) is 11.8 Å². The molecule has 2 fully saturated rings. The van der Waals surface area contributed by atoms with Gasteiger partial charge in [-0.1, -0.05) is 135 Å². The summed E-state index contributed by atoms with van der Waals surface area (Å²) in [5, 5.41) is 5.93. The summed E-state index contributed by atoms with van der Waals surface area (Å²) in [4.78, 5) is 10.9. The van der Waals surface area contributed by atoms with Crippen LogP contribution in [-0.2, 0) is 5.41 Å². The van der Waals surface area contributed by atoms with Crippen molar-refractivity contribution < 1.29 is 0 Å². The van der Waals surface area contributed by atoms with E-state index in [0.29, 0.717) is 5.95 Å². The lowest BCUT2D eigenvalue weighted by Gasteiger charge is -2.38. The van der Waals surface area contributed by atoms with Crippen molar-refractivity contribution in [2.75, 3.05) is 0 Å². The monoisotopic (exact) mass is 734 g/mol. The van der Waals surface area contributed by atoms with Crippen LogP contribution in [0.5, 0.6) is 0 Å². The first-order valence-corrected chi connectivity index (χ1v) is 20.6. The molecule has 12 rings (SSSR count). The summed E-state index contributed by atoms with van der Waals surface area (Å²) < 4.78 is 4.70. The number of hydrogen-bond acceptors (Lipinski definition) is 2. The van der Waals surface area contributed by atoms with Crippen LogP contribution in [0.25, 0.3) is 88.5 Å². The molecule has 0 aliphatic heterocycles. The minimum Gasteiger partial charge on any atom is -0.309 e. The van der Waals surface area contributed by atoms with E-state index in [-0.39, 0.29) is 5.41 Å². The molecule has 10 aromatic rings. The lowest BCUT2D eigenvalue weighted by molar-refractivity contribution is 0.232. The number of fused-ring (bicyclic) bond motifs is 9. The fraction of sp³-hybridized carbons (Fsp3) is 0.170. The largest absolute Gasteiger partial charge is 0.309 e. The first-order chi connectivity index (χ1) is 28.1. The van der Waals surface area contributed by atoms with Gasteiger partial charge in [-0.2, -0.15) is 0 Å². The van der Waals surface area contributed by atoms with Crippen LogP contribution in [0.15, 0.2) is 164 Å². The van der Waals surface area contributed by atoms with E-state index in [1.54, 1.807) is 0 Å². The smallest absolute Gasteiger partial charge is 0.235 e. The number of hydrogen-bond donors (Lipinski definition) is 0. The SMILES string of the molecule is CC1(c2cccc(-c3nc(-n4c5ccccc5c5ccc(-n6c7ccccc7c7cc(-c8ccccc8)ccc76)cc54)nc4ccccc34)c2)C[C@@H]2CC[C@H](C2)C1. The molecule has 3 heterocycles. The van der Waals surface area contributed by atoms with Gasteiger partial charge >= 0.3 is 0 Å². The molecule has 0 saturated heterocycles. The van der Waals surface area contributed by atoms with Crippen molar-refractivity contribution in [1.82, 2.24) is 19.1 Å². The predicted molar refractivity (Wildman–Crippen MR) is 237 cm³/mol. The van der Waals surface area contributed by atoms with E-state index in [1.165, 1.54) is 81.4 Å². The zero-order valence-corrected chi connectivity index (χ0v) is 32.1. The lowest BCUT2D eigenvalue weighted by atomic mass is 9.66. The van der Waals surface area contributed by atoms with Crippen molar-refractivity contribution in [2.45, 2.75) is 44.4 Å². The highest BCUT2D eigenvalue weighted by atomic mass is 15.2. The Bertz CT molecular complexity index is 3190. The van der Waals surface area contributed by atoms with E-state index in [9.17, 15) is 0 Å². The van der Waals surface area contributed by atoms with Gasteiger partial charge in [0.2, 0.25) is 5.95 Å². The third-order valence-corrected chi connectivity index (χ3v) is 13.4. The van der Waals surface area contributed by atoms with Gasteiger partial charge in [0, 0.05) is 38.2 Å². The Balaban J connectivity index is 1.06. The molecule has 0 N–H and O–H groups in total. The van der Waals surface area contributed by atoms with Crippen LogP contribution in [-0.4, -0.2) is 19.1 Å². The maximum absolute atomic E-state index is 5.54. The van der Waals surface area contributed by atoms with Gasteiger partial charge in [-0.05, 0) is 102 Å². The number of para-hydroxylation sites is 3. The summed E-state index contributed by atoms with van der Waals surface area (Å²) in [5.41, 5.74) is 12.8.